The maximum Gasteiger partial charge on any atom is 0.119 e. The monoisotopic (exact) mass is 257 g/mol. The molecule has 0 atom stereocenters. The zero-order chi connectivity index (χ0) is 13.7. The molecule has 0 saturated carbocycles. The molecule has 19 heavy (non-hydrogen) atoms. The Hall–Kier alpha value is -2.36. The van der Waals surface area contributed by atoms with Crippen molar-refractivity contribution in [2.45, 2.75) is 0 Å². The highest BCUT2D eigenvalue weighted by atomic mass is 16.5. The van der Waals surface area contributed by atoms with E-state index in [1.54, 1.807) is 7.11 Å². The number of hydrogen-bond donors (Lipinski definition) is 2. The van der Waals surface area contributed by atoms with Gasteiger partial charge in [0, 0.05) is 19.8 Å². The topological polar surface area (TPSA) is 36.5 Å². The van der Waals surface area contributed by atoms with Crippen LogP contribution in [-0.4, -0.2) is 21.2 Å². The standard InChI is InChI=1S/C15H19N3O/c1-18(2)14-8-4-12(5-9-14)16-17-13-6-10-15(19-3)11-7-13/h4-11,16-17H,1-3H3. The lowest BCUT2D eigenvalue weighted by Crippen LogP contribution is -2.10. The molecule has 2 N–H and O–H groups in total. The van der Waals surface area contributed by atoms with Gasteiger partial charge in [0.2, 0.25) is 0 Å². The number of rotatable bonds is 5. The van der Waals surface area contributed by atoms with Crippen molar-refractivity contribution in [1.82, 2.24) is 0 Å². The second-order valence-electron chi connectivity index (χ2n) is 4.42. The highest BCUT2D eigenvalue weighted by molar-refractivity contribution is 5.57. The first kappa shape index (κ1) is 13.1. The fraction of sp³-hybridized carbons (Fsp3) is 0.200. The van der Waals surface area contributed by atoms with E-state index in [0.29, 0.717) is 0 Å². The van der Waals surface area contributed by atoms with Gasteiger partial charge in [-0.15, -0.1) is 0 Å². The van der Waals surface area contributed by atoms with Crippen molar-refractivity contribution >= 4 is 17.1 Å². The summed E-state index contributed by atoms with van der Waals surface area (Å²) in [7, 11) is 5.71. The highest BCUT2D eigenvalue weighted by Gasteiger charge is 1.96. The number of hydrogen-bond acceptors (Lipinski definition) is 4. The van der Waals surface area contributed by atoms with Crippen LogP contribution in [0, 0.1) is 0 Å². The molecular formula is C15H19N3O. The molecule has 0 fully saturated rings. The Morgan fingerprint density at radius 1 is 0.789 bits per heavy atom. The largest absolute Gasteiger partial charge is 0.497 e. The van der Waals surface area contributed by atoms with Gasteiger partial charge >= 0.3 is 0 Å². The fourth-order valence-corrected chi connectivity index (χ4v) is 1.66. The predicted molar refractivity (Wildman–Crippen MR) is 81.0 cm³/mol. The zero-order valence-corrected chi connectivity index (χ0v) is 11.5. The second-order valence-corrected chi connectivity index (χ2v) is 4.42. The van der Waals surface area contributed by atoms with Crippen molar-refractivity contribution in [2.24, 2.45) is 0 Å². The van der Waals surface area contributed by atoms with Gasteiger partial charge in [-0.3, -0.25) is 0 Å². The number of hydrazine groups is 1. The lowest BCUT2D eigenvalue weighted by molar-refractivity contribution is 0.415. The van der Waals surface area contributed by atoms with Gasteiger partial charge in [-0.2, -0.15) is 0 Å². The number of methoxy groups -OCH3 is 1. The minimum Gasteiger partial charge on any atom is -0.497 e. The van der Waals surface area contributed by atoms with E-state index in [4.69, 9.17) is 4.74 Å². The van der Waals surface area contributed by atoms with Crippen LogP contribution in [0.2, 0.25) is 0 Å². The van der Waals surface area contributed by atoms with Gasteiger partial charge in [0.05, 0.1) is 18.5 Å². The van der Waals surface area contributed by atoms with Crippen molar-refractivity contribution in [1.29, 1.82) is 0 Å². The molecule has 0 aliphatic heterocycles. The molecule has 0 aliphatic rings. The van der Waals surface area contributed by atoms with Gasteiger partial charge in [-0.25, -0.2) is 0 Å². The summed E-state index contributed by atoms with van der Waals surface area (Å²) in [6.45, 7) is 0. The number of anilines is 3. The van der Waals surface area contributed by atoms with Crippen LogP contribution < -0.4 is 20.5 Å². The Labute approximate surface area is 114 Å². The van der Waals surface area contributed by atoms with Crippen LogP contribution in [0.1, 0.15) is 0 Å². The van der Waals surface area contributed by atoms with Gasteiger partial charge in [-0.1, -0.05) is 0 Å². The molecule has 0 aromatic heterocycles. The van der Waals surface area contributed by atoms with Gasteiger partial charge in [0.1, 0.15) is 5.75 Å². The number of nitrogens with one attached hydrogen (secondary N) is 2. The molecule has 100 valence electrons. The summed E-state index contributed by atoms with van der Waals surface area (Å²) in [5, 5.41) is 0. The first-order valence-corrected chi connectivity index (χ1v) is 6.12. The fourth-order valence-electron chi connectivity index (χ4n) is 1.66. The molecule has 4 heteroatoms. The molecule has 0 spiro atoms. The Kier molecular flexibility index (Phi) is 4.13. The average Bonchev–Trinajstić information content (AvgIpc) is 2.46. The summed E-state index contributed by atoms with van der Waals surface area (Å²) in [5.74, 6) is 0.848. The molecule has 0 unspecified atom stereocenters. The lowest BCUT2D eigenvalue weighted by Gasteiger charge is -2.14. The number of benzene rings is 2. The smallest absolute Gasteiger partial charge is 0.119 e. The first-order valence-electron chi connectivity index (χ1n) is 6.12. The molecule has 2 rings (SSSR count). The predicted octanol–water partition coefficient (Wildman–Crippen LogP) is 3.20. The molecule has 0 aliphatic carbocycles. The van der Waals surface area contributed by atoms with Crippen LogP contribution in [0.3, 0.4) is 0 Å². The third-order valence-corrected chi connectivity index (χ3v) is 2.82. The van der Waals surface area contributed by atoms with Crippen molar-refractivity contribution < 1.29 is 4.74 Å². The number of ether oxygens (including phenoxy) is 1. The third kappa shape index (κ3) is 3.55. The Morgan fingerprint density at radius 2 is 1.26 bits per heavy atom. The molecule has 0 radical (unpaired) electrons. The van der Waals surface area contributed by atoms with Crippen molar-refractivity contribution in [3.05, 3.63) is 48.5 Å². The second kappa shape index (κ2) is 6.00. The molecular weight excluding hydrogens is 238 g/mol. The molecule has 0 bridgehead atoms. The van der Waals surface area contributed by atoms with Gasteiger partial charge < -0.3 is 20.5 Å². The van der Waals surface area contributed by atoms with E-state index >= 15 is 0 Å². The quantitative estimate of drug-likeness (QED) is 0.806. The minimum atomic E-state index is 0.848. The van der Waals surface area contributed by atoms with Crippen LogP contribution in [-0.2, 0) is 0 Å². The van der Waals surface area contributed by atoms with E-state index in [1.165, 1.54) is 5.69 Å². The summed E-state index contributed by atoms with van der Waals surface area (Å²) < 4.78 is 5.11. The van der Waals surface area contributed by atoms with E-state index in [9.17, 15) is 0 Å². The van der Waals surface area contributed by atoms with Gasteiger partial charge in [0.25, 0.3) is 0 Å². The maximum atomic E-state index is 5.11. The molecule has 4 nitrogen and oxygen atoms in total. The van der Waals surface area contributed by atoms with Crippen molar-refractivity contribution in [3.8, 4) is 5.75 Å². The van der Waals surface area contributed by atoms with E-state index in [2.05, 4.69) is 27.9 Å². The first-order chi connectivity index (χ1) is 9.19. The van der Waals surface area contributed by atoms with E-state index in [-0.39, 0.29) is 0 Å². The van der Waals surface area contributed by atoms with Gasteiger partial charge in [0.15, 0.2) is 0 Å². The summed E-state index contributed by atoms with van der Waals surface area (Å²) in [4.78, 5) is 2.07. The van der Waals surface area contributed by atoms with Crippen LogP contribution in [0.25, 0.3) is 0 Å². The van der Waals surface area contributed by atoms with Crippen LogP contribution >= 0.6 is 0 Å². The third-order valence-electron chi connectivity index (χ3n) is 2.82. The van der Waals surface area contributed by atoms with E-state index < -0.39 is 0 Å². The maximum absolute atomic E-state index is 5.11. The van der Waals surface area contributed by atoms with Crippen molar-refractivity contribution in [2.75, 3.05) is 37.0 Å². The van der Waals surface area contributed by atoms with E-state index in [0.717, 1.165) is 17.1 Å². The molecule has 0 saturated heterocycles. The Bertz CT molecular complexity index is 506. The zero-order valence-electron chi connectivity index (χ0n) is 11.5. The number of nitrogens with zero attached hydrogens (tertiary/aromatic N) is 1. The molecule has 0 heterocycles. The highest BCUT2D eigenvalue weighted by Crippen LogP contribution is 2.18. The van der Waals surface area contributed by atoms with Crippen LogP contribution in [0.4, 0.5) is 17.1 Å². The summed E-state index contributed by atoms with van der Waals surface area (Å²) in [6.07, 6.45) is 0. The summed E-state index contributed by atoms with van der Waals surface area (Å²) in [5.41, 5.74) is 9.47. The Balaban J connectivity index is 1.94. The van der Waals surface area contributed by atoms with Crippen molar-refractivity contribution in [3.63, 3.8) is 0 Å². The average molecular weight is 257 g/mol. The van der Waals surface area contributed by atoms with Gasteiger partial charge in [-0.05, 0) is 48.5 Å². The Morgan fingerprint density at radius 3 is 1.68 bits per heavy atom. The normalized spacial score (nSPS) is 9.84. The van der Waals surface area contributed by atoms with Crippen LogP contribution in [0.15, 0.2) is 48.5 Å². The minimum absolute atomic E-state index is 0.848. The molecule has 0 amide bonds. The SMILES string of the molecule is COc1ccc(NNc2ccc(N(C)C)cc2)cc1. The van der Waals surface area contributed by atoms with E-state index in [1.807, 2.05) is 50.5 Å². The molecule has 2 aromatic rings. The summed E-state index contributed by atoms with van der Waals surface area (Å²) >= 11 is 0. The van der Waals surface area contributed by atoms with Crippen LogP contribution in [0.5, 0.6) is 5.75 Å². The molecule has 2 aromatic carbocycles. The lowest BCUT2D eigenvalue weighted by atomic mass is 10.3. The summed E-state index contributed by atoms with van der Waals surface area (Å²) in [6, 6.07) is 16.0.